The van der Waals surface area contributed by atoms with Crippen LogP contribution >= 0.6 is 0 Å². The Kier molecular flexibility index (Phi) is 5.79. The fourth-order valence-corrected chi connectivity index (χ4v) is 3.15. The maximum atomic E-state index is 13.3. The lowest BCUT2D eigenvalue weighted by atomic mass is 9.86. The van der Waals surface area contributed by atoms with Crippen LogP contribution in [0.5, 0.6) is 5.88 Å². The zero-order valence-corrected chi connectivity index (χ0v) is 16.9. The molecule has 1 aliphatic carbocycles. The monoisotopic (exact) mass is 397 g/mol. The Labute approximate surface area is 164 Å². The van der Waals surface area contributed by atoms with Crippen molar-refractivity contribution in [3.05, 3.63) is 17.8 Å². The maximum Gasteiger partial charge on any atom is 0.323 e. The number of esters is 1. The molecule has 1 aromatic rings. The van der Waals surface area contributed by atoms with Gasteiger partial charge in [-0.2, -0.15) is 0 Å². The third kappa shape index (κ3) is 5.10. The molecule has 1 atom stereocenters. The molecule has 1 aliphatic heterocycles. The third-order valence-corrected chi connectivity index (χ3v) is 5.03. The number of anilines is 1. The topological polar surface area (TPSA) is 63.7 Å². The van der Waals surface area contributed by atoms with E-state index in [4.69, 9.17) is 9.47 Å². The van der Waals surface area contributed by atoms with E-state index in [2.05, 4.69) is 10.3 Å². The van der Waals surface area contributed by atoms with Gasteiger partial charge < -0.3 is 14.4 Å². The van der Waals surface area contributed by atoms with Crippen molar-refractivity contribution in [1.29, 1.82) is 0 Å². The molecule has 0 spiro atoms. The second-order valence-electron chi connectivity index (χ2n) is 8.80. The minimum atomic E-state index is -2.66. The van der Waals surface area contributed by atoms with E-state index in [1.807, 2.05) is 20.8 Å². The zero-order chi connectivity index (χ0) is 20.5. The van der Waals surface area contributed by atoms with Gasteiger partial charge in [0.2, 0.25) is 5.88 Å². The highest BCUT2D eigenvalue weighted by atomic mass is 19.3. The Bertz CT molecular complexity index is 709. The first-order valence-electron chi connectivity index (χ1n) is 9.66. The Morgan fingerprint density at radius 2 is 2.04 bits per heavy atom. The minimum Gasteiger partial charge on any atom is -0.476 e. The highest BCUT2D eigenvalue weighted by molar-refractivity contribution is 5.76. The lowest BCUT2D eigenvalue weighted by molar-refractivity contribution is -0.146. The molecule has 1 N–H and O–H groups in total. The fraction of sp³-hybridized carbons (Fsp3) is 0.700. The summed E-state index contributed by atoms with van der Waals surface area (Å²) in [5.41, 5.74) is 0.942. The number of ether oxygens (including phenoxy) is 2. The number of alkyl halides is 2. The SMILES string of the molecule is COC(=O)[C@@H](NCc1ccc(N2CC(F)(F)C2)c(OCC2CC2)n1)C(C)(C)C. The molecule has 28 heavy (non-hydrogen) atoms. The van der Waals surface area contributed by atoms with Gasteiger partial charge in [-0.1, -0.05) is 20.8 Å². The summed E-state index contributed by atoms with van der Waals surface area (Å²) in [5.74, 6) is -2.09. The van der Waals surface area contributed by atoms with Crippen LogP contribution in [0.2, 0.25) is 0 Å². The van der Waals surface area contributed by atoms with Crippen molar-refractivity contribution in [2.45, 2.75) is 52.1 Å². The van der Waals surface area contributed by atoms with E-state index in [9.17, 15) is 13.6 Å². The van der Waals surface area contributed by atoms with Crippen LogP contribution in [0.4, 0.5) is 14.5 Å². The van der Waals surface area contributed by atoms with Gasteiger partial charge in [-0.25, -0.2) is 13.8 Å². The molecule has 0 radical (unpaired) electrons. The highest BCUT2D eigenvalue weighted by Crippen LogP contribution is 2.38. The Balaban J connectivity index is 1.72. The number of nitrogens with zero attached hydrogens (tertiary/aromatic N) is 2. The molecule has 2 aliphatic rings. The molecule has 8 heteroatoms. The van der Waals surface area contributed by atoms with Crippen LogP contribution in [0.25, 0.3) is 0 Å². The molecule has 6 nitrogen and oxygen atoms in total. The molecule has 0 aromatic carbocycles. The molecule has 1 saturated heterocycles. The van der Waals surface area contributed by atoms with Crippen molar-refractivity contribution < 1.29 is 23.0 Å². The number of nitrogens with one attached hydrogen (secondary N) is 1. The van der Waals surface area contributed by atoms with Crippen molar-refractivity contribution >= 4 is 11.7 Å². The molecule has 156 valence electrons. The summed E-state index contributed by atoms with van der Waals surface area (Å²) in [7, 11) is 1.36. The normalized spacial score (nSPS) is 19.7. The average molecular weight is 397 g/mol. The number of carbonyl (C=O) groups excluding carboxylic acids is 1. The van der Waals surface area contributed by atoms with Gasteiger partial charge in [-0.15, -0.1) is 0 Å². The van der Waals surface area contributed by atoms with Crippen LogP contribution in [0.3, 0.4) is 0 Å². The molecule has 0 amide bonds. The first-order chi connectivity index (χ1) is 13.1. The third-order valence-electron chi connectivity index (χ3n) is 5.03. The first kappa shape index (κ1) is 20.8. The summed E-state index contributed by atoms with van der Waals surface area (Å²) in [6.07, 6.45) is 2.26. The molecule has 0 unspecified atom stereocenters. The Morgan fingerprint density at radius 3 is 2.57 bits per heavy atom. The van der Waals surface area contributed by atoms with E-state index in [-0.39, 0.29) is 24.5 Å². The van der Waals surface area contributed by atoms with Crippen LogP contribution in [-0.4, -0.2) is 49.7 Å². The number of carbonyl (C=O) groups is 1. The lowest BCUT2D eigenvalue weighted by Gasteiger charge is -2.40. The van der Waals surface area contributed by atoms with Gasteiger partial charge in [-0.3, -0.25) is 10.1 Å². The summed E-state index contributed by atoms with van der Waals surface area (Å²) in [4.78, 5) is 18.2. The summed E-state index contributed by atoms with van der Waals surface area (Å²) < 4.78 is 37.3. The Morgan fingerprint density at radius 1 is 1.36 bits per heavy atom. The van der Waals surface area contributed by atoms with Crippen LogP contribution < -0.4 is 15.0 Å². The minimum absolute atomic E-state index is 0.319. The molecule has 0 bridgehead atoms. The standard InChI is InChI=1S/C20H29F2N3O3/c1-19(2,3)16(18(26)27-4)23-9-14-7-8-15(25-11-20(21,22)12-25)17(24-14)28-10-13-5-6-13/h7-8,13,16,23H,5-6,9-12H2,1-4H3/t16-/m1/s1. The number of methoxy groups -OCH3 is 1. The Hall–Kier alpha value is -1.96. The number of hydrogen-bond donors (Lipinski definition) is 1. The molecular weight excluding hydrogens is 368 g/mol. The van der Waals surface area contributed by atoms with Crippen molar-refractivity contribution in [3.63, 3.8) is 0 Å². The number of pyridine rings is 1. The molecule has 2 fully saturated rings. The fourth-order valence-electron chi connectivity index (χ4n) is 3.15. The van der Waals surface area contributed by atoms with Gasteiger partial charge in [0, 0.05) is 6.54 Å². The van der Waals surface area contributed by atoms with E-state index in [1.165, 1.54) is 7.11 Å². The van der Waals surface area contributed by atoms with E-state index < -0.39 is 12.0 Å². The van der Waals surface area contributed by atoms with Gasteiger partial charge in [0.25, 0.3) is 5.92 Å². The van der Waals surface area contributed by atoms with Crippen molar-refractivity contribution in [2.24, 2.45) is 11.3 Å². The maximum absolute atomic E-state index is 13.3. The lowest BCUT2D eigenvalue weighted by Crippen LogP contribution is -2.56. The van der Waals surface area contributed by atoms with Gasteiger partial charge >= 0.3 is 5.97 Å². The number of rotatable bonds is 8. The van der Waals surface area contributed by atoms with Crippen LogP contribution in [0.15, 0.2) is 12.1 Å². The van der Waals surface area contributed by atoms with Crippen LogP contribution in [-0.2, 0) is 16.1 Å². The highest BCUT2D eigenvalue weighted by Gasteiger charge is 2.45. The summed E-state index contributed by atoms with van der Waals surface area (Å²) in [6.45, 7) is 6.10. The second-order valence-corrected chi connectivity index (χ2v) is 8.80. The number of hydrogen-bond acceptors (Lipinski definition) is 6. The first-order valence-corrected chi connectivity index (χ1v) is 9.66. The van der Waals surface area contributed by atoms with Crippen molar-refractivity contribution in [2.75, 3.05) is 31.7 Å². The smallest absolute Gasteiger partial charge is 0.323 e. The van der Waals surface area contributed by atoms with Crippen molar-refractivity contribution in [3.8, 4) is 5.88 Å². The van der Waals surface area contributed by atoms with E-state index in [1.54, 1.807) is 17.0 Å². The van der Waals surface area contributed by atoms with Gasteiger partial charge in [0.05, 0.1) is 32.5 Å². The quantitative estimate of drug-likeness (QED) is 0.681. The largest absolute Gasteiger partial charge is 0.476 e. The molecule has 1 saturated carbocycles. The summed E-state index contributed by atoms with van der Waals surface area (Å²) >= 11 is 0. The molecular formula is C20H29F2N3O3. The van der Waals surface area contributed by atoms with E-state index in [0.29, 0.717) is 36.3 Å². The second kappa shape index (κ2) is 7.81. The van der Waals surface area contributed by atoms with E-state index >= 15 is 0 Å². The zero-order valence-electron chi connectivity index (χ0n) is 16.9. The predicted molar refractivity (Wildman–Crippen MR) is 102 cm³/mol. The average Bonchev–Trinajstić information content (AvgIpc) is 3.41. The van der Waals surface area contributed by atoms with Crippen molar-refractivity contribution in [1.82, 2.24) is 10.3 Å². The van der Waals surface area contributed by atoms with E-state index in [0.717, 1.165) is 12.8 Å². The summed E-state index contributed by atoms with van der Waals surface area (Å²) in [5, 5.41) is 3.19. The number of halogens is 2. The number of aromatic nitrogens is 1. The predicted octanol–water partition coefficient (Wildman–Crippen LogP) is 3.00. The summed E-state index contributed by atoms with van der Waals surface area (Å²) in [6, 6.07) is 3.05. The van der Waals surface area contributed by atoms with Gasteiger partial charge in [0.15, 0.2) is 0 Å². The van der Waals surface area contributed by atoms with Crippen LogP contribution in [0.1, 0.15) is 39.3 Å². The van der Waals surface area contributed by atoms with Gasteiger partial charge in [0.1, 0.15) is 11.7 Å². The molecule has 1 aromatic heterocycles. The molecule has 3 rings (SSSR count). The molecule has 2 heterocycles. The van der Waals surface area contributed by atoms with Crippen LogP contribution in [0, 0.1) is 11.3 Å². The van der Waals surface area contributed by atoms with Gasteiger partial charge in [-0.05, 0) is 36.3 Å².